The molecule has 0 spiro atoms. The fourth-order valence-corrected chi connectivity index (χ4v) is 3.14. The van der Waals surface area contributed by atoms with Crippen LogP contribution in [0.2, 0.25) is 0 Å². The Hall–Kier alpha value is -4.51. The van der Waals surface area contributed by atoms with E-state index in [0.717, 1.165) is 11.1 Å². The Morgan fingerprint density at radius 1 is 1.03 bits per heavy atom. The zero-order valence-corrected chi connectivity index (χ0v) is 17.1. The molecule has 0 fully saturated rings. The van der Waals surface area contributed by atoms with Gasteiger partial charge >= 0.3 is 5.97 Å². The number of para-hydroxylation sites is 1. The number of nitrogens with one attached hydrogen (secondary N) is 1. The summed E-state index contributed by atoms with van der Waals surface area (Å²) in [7, 11) is 0. The Morgan fingerprint density at radius 2 is 1.62 bits per heavy atom. The Morgan fingerprint density at radius 3 is 2.19 bits per heavy atom. The van der Waals surface area contributed by atoms with Crippen molar-refractivity contribution in [3.63, 3.8) is 0 Å². The molecule has 32 heavy (non-hydrogen) atoms. The number of nitro benzene ring substituents is 1. The summed E-state index contributed by atoms with van der Waals surface area (Å²) in [5, 5.41) is 23.3. The topological polar surface area (TPSA) is 122 Å². The zero-order chi connectivity index (χ0) is 23.1. The molecule has 0 bridgehead atoms. The first-order valence-corrected chi connectivity index (χ1v) is 9.76. The lowest BCUT2D eigenvalue weighted by atomic mass is 9.97. The number of anilines is 1. The van der Waals surface area contributed by atoms with Crippen LogP contribution in [0.4, 0.5) is 11.4 Å². The number of rotatable bonds is 7. The van der Waals surface area contributed by atoms with E-state index in [9.17, 15) is 25.0 Å². The molecule has 3 rings (SSSR count). The van der Waals surface area contributed by atoms with Crippen LogP contribution in [0.25, 0.3) is 11.1 Å². The van der Waals surface area contributed by atoms with Gasteiger partial charge in [0.25, 0.3) is 5.69 Å². The first kappa shape index (κ1) is 22.2. The molecule has 0 aromatic heterocycles. The lowest BCUT2D eigenvalue weighted by molar-refractivity contribution is -0.385. The minimum absolute atomic E-state index is 0.0378. The van der Waals surface area contributed by atoms with Gasteiger partial charge in [0.2, 0.25) is 5.91 Å². The van der Waals surface area contributed by atoms with Gasteiger partial charge in [0.05, 0.1) is 28.7 Å². The molecule has 0 saturated heterocycles. The van der Waals surface area contributed by atoms with Crippen LogP contribution in [0, 0.1) is 21.4 Å². The van der Waals surface area contributed by atoms with E-state index in [1.807, 2.05) is 6.07 Å². The van der Waals surface area contributed by atoms with Gasteiger partial charge in [-0.1, -0.05) is 42.5 Å². The van der Waals surface area contributed by atoms with Crippen molar-refractivity contribution in [3.05, 3.63) is 94.0 Å². The molecular formula is C24H19N3O5. The lowest BCUT2D eigenvalue weighted by Crippen LogP contribution is -2.20. The summed E-state index contributed by atoms with van der Waals surface area (Å²) >= 11 is 0. The standard InChI is InChI=1S/C24H19N3O5/c1-2-32-24(29)18-9-7-16(8-10-18)17-11-13-19(14-12-17)26-23(28)21(15-25)20-5-3-4-6-22(20)27(30)31/h3-14,21H,2H2,1H3,(H,26,28). The molecular weight excluding hydrogens is 410 g/mol. The third-order valence-electron chi connectivity index (χ3n) is 4.72. The SMILES string of the molecule is CCOC(=O)c1ccc(-c2ccc(NC(=O)C(C#N)c3ccccc3[N+](=O)[O-])cc2)cc1. The summed E-state index contributed by atoms with van der Waals surface area (Å²) in [4.78, 5) is 35.0. The van der Waals surface area contributed by atoms with E-state index in [0.29, 0.717) is 17.9 Å². The average molecular weight is 429 g/mol. The summed E-state index contributed by atoms with van der Waals surface area (Å²) in [5.74, 6) is -2.37. The predicted octanol–water partition coefficient (Wildman–Crippen LogP) is 4.68. The maximum atomic E-state index is 12.6. The molecule has 0 saturated carbocycles. The fourth-order valence-electron chi connectivity index (χ4n) is 3.14. The van der Waals surface area contributed by atoms with Crippen molar-refractivity contribution in [1.29, 1.82) is 5.26 Å². The van der Waals surface area contributed by atoms with Crippen molar-refractivity contribution in [2.24, 2.45) is 0 Å². The molecule has 0 aliphatic carbocycles. The molecule has 1 N–H and O–H groups in total. The number of nitrogens with zero attached hydrogens (tertiary/aromatic N) is 2. The molecule has 1 unspecified atom stereocenters. The van der Waals surface area contributed by atoms with Crippen molar-refractivity contribution in [1.82, 2.24) is 0 Å². The van der Waals surface area contributed by atoms with Gasteiger partial charge in [-0.15, -0.1) is 0 Å². The Bertz CT molecular complexity index is 1180. The number of nitro groups is 1. The van der Waals surface area contributed by atoms with Gasteiger partial charge in [0.15, 0.2) is 5.92 Å². The van der Waals surface area contributed by atoms with Crippen LogP contribution in [-0.4, -0.2) is 23.4 Å². The molecule has 0 radical (unpaired) electrons. The lowest BCUT2D eigenvalue weighted by Gasteiger charge is -2.11. The molecule has 0 aliphatic heterocycles. The van der Waals surface area contributed by atoms with E-state index >= 15 is 0 Å². The van der Waals surface area contributed by atoms with Crippen molar-refractivity contribution in [2.45, 2.75) is 12.8 Å². The fraction of sp³-hybridized carbons (Fsp3) is 0.125. The summed E-state index contributed by atoms with van der Waals surface area (Å²) in [6, 6.07) is 21.3. The van der Waals surface area contributed by atoms with Crippen molar-refractivity contribution < 1.29 is 19.2 Å². The van der Waals surface area contributed by atoms with Crippen LogP contribution in [-0.2, 0) is 9.53 Å². The molecule has 0 aliphatic rings. The van der Waals surface area contributed by atoms with Gasteiger partial charge in [-0.3, -0.25) is 14.9 Å². The van der Waals surface area contributed by atoms with Crippen molar-refractivity contribution >= 4 is 23.3 Å². The summed E-state index contributed by atoms with van der Waals surface area (Å²) in [6.45, 7) is 2.05. The van der Waals surface area contributed by atoms with Gasteiger partial charge in [-0.25, -0.2) is 4.79 Å². The quantitative estimate of drug-likeness (QED) is 0.330. The van der Waals surface area contributed by atoms with Crippen LogP contribution < -0.4 is 5.32 Å². The molecule has 1 atom stereocenters. The summed E-state index contributed by atoms with van der Waals surface area (Å²) in [5.41, 5.74) is 2.38. The van der Waals surface area contributed by atoms with E-state index < -0.39 is 16.7 Å². The average Bonchev–Trinajstić information content (AvgIpc) is 2.80. The zero-order valence-electron chi connectivity index (χ0n) is 17.1. The minimum atomic E-state index is -1.33. The largest absolute Gasteiger partial charge is 0.462 e. The van der Waals surface area contributed by atoms with E-state index in [1.54, 1.807) is 61.5 Å². The van der Waals surface area contributed by atoms with Gasteiger partial charge in [-0.05, 0) is 42.3 Å². The molecule has 3 aromatic rings. The number of hydrogen-bond donors (Lipinski definition) is 1. The highest BCUT2D eigenvalue weighted by molar-refractivity contribution is 5.98. The molecule has 8 nitrogen and oxygen atoms in total. The molecule has 0 heterocycles. The highest BCUT2D eigenvalue weighted by Gasteiger charge is 2.27. The minimum Gasteiger partial charge on any atom is -0.462 e. The number of amides is 1. The van der Waals surface area contributed by atoms with E-state index in [4.69, 9.17) is 4.74 Å². The highest BCUT2D eigenvalue weighted by Crippen LogP contribution is 2.28. The first-order chi connectivity index (χ1) is 15.4. The van der Waals surface area contributed by atoms with Crippen LogP contribution >= 0.6 is 0 Å². The third kappa shape index (κ3) is 4.96. The van der Waals surface area contributed by atoms with Crippen LogP contribution in [0.5, 0.6) is 0 Å². The number of ether oxygens (including phenoxy) is 1. The van der Waals surface area contributed by atoms with Crippen molar-refractivity contribution in [2.75, 3.05) is 11.9 Å². The Kier molecular flexibility index (Phi) is 6.93. The predicted molar refractivity (Wildman–Crippen MR) is 118 cm³/mol. The number of carbonyl (C=O) groups excluding carboxylic acids is 2. The van der Waals surface area contributed by atoms with E-state index in [1.165, 1.54) is 18.2 Å². The van der Waals surface area contributed by atoms with Crippen LogP contribution in [0.3, 0.4) is 0 Å². The Balaban J connectivity index is 1.74. The number of esters is 1. The molecule has 3 aromatic carbocycles. The normalized spacial score (nSPS) is 11.1. The number of benzene rings is 3. The number of hydrogen-bond acceptors (Lipinski definition) is 6. The second kappa shape index (κ2) is 10.00. The number of nitriles is 1. The molecule has 160 valence electrons. The van der Waals surface area contributed by atoms with Crippen LogP contribution in [0.1, 0.15) is 28.8 Å². The molecule has 8 heteroatoms. The van der Waals surface area contributed by atoms with E-state index in [-0.39, 0.29) is 17.2 Å². The second-order valence-corrected chi connectivity index (χ2v) is 6.74. The van der Waals surface area contributed by atoms with Gasteiger partial charge in [0, 0.05) is 11.8 Å². The van der Waals surface area contributed by atoms with Gasteiger partial charge < -0.3 is 10.1 Å². The van der Waals surface area contributed by atoms with Gasteiger partial charge in [0.1, 0.15) is 0 Å². The first-order valence-electron chi connectivity index (χ1n) is 9.76. The maximum Gasteiger partial charge on any atom is 0.338 e. The van der Waals surface area contributed by atoms with Crippen molar-refractivity contribution in [3.8, 4) is 17.2 Å². The van der Waals surface area contributed by atoms with Crippen LogP contribution in [0.15, 0.2) is 72.8 Å². The second-order valence-electron chi connectivity index (χ2n) is 6.74. The summed E-state index contributed by atoms with van der Waals surface area (Å²) < 4.78 is 4.97. The highest BCUT2D eigenvalue weighted by atomic mass is 16.6. The Labute approximate surface area is 184 Å². The monoisotopic (exact) mass is 429 g/mol. The molecule has 1 amide bonds. The van der Waals surface area contributed by atoms with E-state index in [2.05, 4.69) is 5.32 Å². The van der Waals surface area contributed by atoms with Gasteiger partial charge in [-0.2, -0.15) is 5.26 Å². The maximum absolute atomic E-state index is 12.6. The number of carbonyl (C=O) groups is 2. The third-order valence-corrected chi connectivity index (χ3v) is 4.72. The smallest absolute Gasteiger partial charge is 0.338 e. The summed E-state index contributed by atoms with van der Waals surface area (Å²) in [6.07, 6.45) is 0.